The van der Waals surface area contributed by atoms with E-state index in [4.69, 9.17) is 4.98 Å². The Morgan fingerprint density at radius 2 is 1.83 bits per heavy atom. The number of anilines is 2. The summed E-state index contributed by atoms with van der Waals surface area (Å²) >= 11 is 3.54. The molecule has 1 N–H and O–H groups in total. The van der Waals surface area contributed by atoms with Crippen molar-refractivity contribution < 1.29 is 0 Å². The summed E-state index contributed by atoms with van der Waals surface area (Å²) in [6.07, 6.45) is 3.70. The average Bonchev–Trinajstić information content (AvgIpc) is 3.25. The summed E-state index contributed by atoms with van der Waals surface area (Å²) in [5, 5.41) is 9.09. The van der Waals surface area contributed by atoms with Crippen LogP contribution in [0.5, 0.6) is 0 Å². The van der Waals surface area contributed by atoms with E-state index in [-0.39, 0.29) is 0 Å². The monoisotopic (exact) mass is 460 g/mol. The van der Waals surface area contributed by atoms with Crippen LogP contribution in [0, 0.1) is 6.92 Å². The fraction of sp³-hybridized carbons (Fsp3) is 0.130. The summed E-state index contributed by atoms with van der Waals surface area (Å²) in [4.78, 5) is 13.8. The number of aromatic nitrogens is 5. The van der Waals surface area contributed by atoms with Crippen molar-refractivity contribution in [3.05, 3.63) is 77.2 Å². The van der Waals surface area contributed by atoms with Crippen molar-refractivity contribution in [2.24, 2.45) is 0 Å². The number of rotatable bonds is 3. The van der Waals surface area contributed by atoms with Gasteiger partial charge >= 0.3 is 0 Å². The van der Waals surface area contributed by atoms with Crippen LogP contribution in [0.1, 0.15) is 19.5 Å². The number of hydrogen-bond acceptors (Lipinski definition) is 5. The number of fused-ring (bicyclic) bond motifs is 2. The Bertz CT molecular complexity index is 1330. The Kier molecular flexibility index (Phi) is 5.72. The maximum atomic E-state index is 4.77. The number of nitrogens with one attached hydrogen (secondary N) is 1. The van der Waals surface area contributed by atoms with Gasteiger partial charge in [0.25, 0.3) is 0 Å². The highest BCUT2D eigenvalue weighted by Gasteiger charge is 2.12. The van der Waals surface area contributed by atoms with E-state index in [9.17, 15) is 0 Å². The third-order valence-corrected chi connectivity index (χ3v) is 4.96. The van der Waals surface area contributed by atoms with Crippen LogP contribution in [0.4, 0.5) is 11.5 Å². The predicted octanol–water partition coefficient (Wildman–Crippen LogP) is 6.18. The number of hydrogen-bond donors (Lipinski definition) is 1. The molecule has 0 unspecified atom stereocenters. The number of halogens is 1. The summed E-state index contributed by atoms with van der Waals surface area (Å²) in [6.45, 7) is 5.96. The van der Waals surface area contributed by atoms with E-state index in [2.05, 4.69) is 36.3 Å². The van der Waals surface area contributed by atoms with Crippen LogP contribution in [-0.2, 0) is 0 Å². The van der Waals surface area contributed by atoms with E-state index in [0.29, 0.717) is 11.6 Å². The second kappa shape index (κ2) is 8.59. The van der Waals surface area contributed by atoms with E-state index >= 15 is 0 Å². The van der Waals surface area contributed by atoms with Crippen LogP contribution < -0.4 is 5.32 Å². The van der Waals surface area contributed by atoms with Crippen LogP contribution in [0.3, 0.4) is 0 Å². The number of aryl methyl sites for hydroxylation is 1. The van der Waals surface area contributed by atoms with Crippen molar-refractivity contribution in [2.45, 2.75) is 20.8 Å². The van der Waals surface area contributed by atoms with Crippen LogP contribution in [0.2, 0.25) is 0 Å². The van der Waals surface area contributed by atoms with Gasteiger partial charge in [-0.3, -0.25) is 4.98 Å². The van der Waals surface area contributed by atoms with Crippen molar-refractivity contribution in [1.82, 2.24) is 24.6 Å². The molecule has 6 nitrogen and oxygen atoms in total. The predicted molar refractivity (Wildman–Crippen MR) is 125 cm³/mol. The van der Waals surface area contributed by atoms with E-state index in [1.165, 1.54) is 0 Å². The fourth-order valence-electron chi connectivity index (χ4n) is 3.16. The lowest BCUT2D eigenvalue weighted by Gasteiger charge is -2.12. The first-order chi connectivity index (χ1) is 14.7. The summed E-state index contributed by atoms with van der Waals surface area (Å²) in [5.74, 6) is 1.28. The van der Waals surface area contributed by atoms with Gasteiger partial charge in [0.15, 0.2) is 5.82 Å². The van der Waals surface area contributed by atoms with Crippen molar-refractivity contribution in [3.63, 3.8) is 0 Å². The normalized spacial score (nSPS) is 10.7. The second-order valence-corrected chi connectivity index (χ2v) is 7.35. The van der Waals surface area contributed by atoms with Crippen molar-refractivity contribution >= 4 is 43.9 Å². The zero-order chi connectivity index (χ0) is 21.1. The highest BCUT2D eigenvalue weighted by atomic mass is 79.9. The molecule has 0 bridgehead atoms. The lowest BCUT2D eigenvalue weighted by molar-refractivity contribution is 0.908. The van der Waals surface area contributed by atoms with Gasteiger partial charge in [-0.25, -0.2) is 14.5 Å². The third kappa shape index (κ3) is 3.89. The summed E-state index contributed by atoms with van der Waals surface area (Å²) in [5.41, 5.74) is 4.39. The van der Waals surface area contributed by atoms with Crippen molar-refractivity contribution in [3.8, 4) is 11.5 Å². The Balaban J connectivity index is 0.00000106. The molecule has 5 aromatic rings. The molecule has 0 atom stereocenters. The molecule has 30 heavy (non-hydrogen) atoms. The van der Waals surface area contributed by atoms with Gasteiger partial charge in [-0.2, -0.15) is 0 Å². The topological polar surface area (TPSA) is 68.0 Å². The Labute approximate surface area is 183 Å². The van der Waals surface area contributed by atoms with Crippen molar-refractivity contribution in [2.75, 3.05) is 5.32 Å². The second-order valence-electron chi connectivity index (χ2n) is 6.43. The van der Waals surface area contributed by atoms with Gasteiger partial charge in [0.1, 0.15) is 11.2 Å². The standard InChI is InChI=1S/C21H15BrN6.C2H6/c1-13-4-2-5-18(24-13)20-26-21(19-6-3-11-28(19)27-20)25-17-9-10-23-16-8-7-14(22)12-15(16)17;1-2/h2-12H,1H3,(H,23,25,26,27);1-2H3. The first kappa shape index (κ1) is 20.0. The molecular formula is C23H21BrN6. The first-order valence-electron chi connectivity index (χ1n) is 9.78. The smallest absolute Gasteiger partial charge is 0.200 e. The van der Waals surface area contributed by atoms with Gasteiger partial charge in [-0.15, -0.1) is 5.10 Å². The van der Waals surface area contributed by atoms with E-state index in [0.717, 1.165) is 38.0 Å². The van der Waals surface area contributed by atoms with Gasteiger partial charge in [0, 0.05) is 27.9 Å². The molecule has 7 heteroatoms. The Morgan fingerprint density at radius 3 is 2.67 bits per heavy atom. The molecule has 0 saturated heterocycles. The SMILES string of the molecule is CC.Cc1cccc(-c2nc(Nc3ccnc4ccc(Br)cc34)c3cccn3n2)n1. The fourth-order valence-corrected chi connectivity index (χ4v) is 3.52. The van der Waals surface area contributed by atoms with Gasteiger partial charge in [0.2, 0.25) is 5.82 Å². The lowest BCUT2D eigenvalue weighted by atomic mass is 10.2. The minimum absolute atomic E-state index is 0.564. The molecule has 4 aromatic heterocycles. The molecule has 150 valence electrons. The van der Waals surface area contributed by atoms with Gasteiger partial charge in [-0.05, 0) is 55.5 Å². The molecule has 5 rings (SSSR count). The van der Waals surface area contributed by atoms with Crippen molar-refractivity contribution in [1.29, 1.82) is 0 Å². The Hall–Kier alpha value is -3.32. The molecule has 0 radical (unpaired) electrons. The molecule has 0 spiro atoms. The molecule has 4 heterocycles. The minimum Gasteiger partial charge on any atom is -0.338 e. The summed E-state index contributed by atoms with van der Waals surface area (Å²) < 4.78 is 2.81. The number of nitrogens with zero attached hydrogens (tertiary/aromatic N) is 5. The first-order valence-corrected chi connectivity index (χ1v) is 10.6. The maximum Gasteiger partial charge on any atom is 0.200 e. The summed E-state index contributed by atoms with van der Waals surface area (Å²) in [6, 6.07) is 17.7. The van der Waals surface area contributed by atoms with Gasteiger partial charge < -0.3 is 5.32 Å². The van der Waals surface area contributed by atoms with Crippen LogP contribution in [-0.4, -0.2) is 24.6 Å². The highest BCUT2D eigenvalue weighted by molar-refractivity contribution is 9.10. The van der Waals surface area contributed by atoms with E-state index in [1.54, 1.807) is 6.20 Å². The largest absolute Gasteiger partial charge is 0.338 e. The molecule has 0 amide bonds. The minimum atomic E-state index is 0.564. The van der Waals surface area contributed by atoms with Gasteiger partial charge in [-0.1, -0.05) is 35.8 Å². The lowest BCUT2D eigenvalue weighted by Crippen LogP contribution is -2.04. The molecular weight excluding hydrogens is 440 g/mol. The molecule has 0 saturated carbocycles. The zero-order valence-electron chi connectivity index (χ0n) is 17.0. The summed E-state index contributed by atoms with van der Waals surface area (Å²) in [7, 11) is 0. The average molecular weight is 461 g/mol. The van der Waals surface area contributed by atoms with E-state index < -0.39 is 0 Å². The zero-order valence-corrected chi connectivity index (χ0v) is 18.6. The molecule has 0 fully saturated rings. The molecule has 1 aromatic carbocycles. The van der Waals surface area contributed by atoms with Crippen LogP contribution in [0.15, 0.2) is 71.5 Å². The van der Waals surface area contributed by atoms with Crippen LogP contribution >= 0.6 is 15.9 Å². The highest BCUT2D eigenvalue weighted by Crippen LogP contribution is 2.29. The quantitative estimate of drug-likeness (QED) is 0.348. The molecule has 0 aliphatic carbocycles. The maximum absolute atomic E-state index is 4.77. The third-order valence-electron chi connectivity index (χ3n) is 4.47. The van der Waals surface area contributed by atoms with Crippen LogP contribution in [0.25, 0.3) is 27.9 Å². The molecule has 0 aliphatic rings. The Morgan fingerprint density at radius 1 is 0.967 bits per heavy atom. The van der Waals surface area contributed by atoms with Gasteiger partial charge in [0.05, 0.1) is 11.2 Å². The number of benzene rings is 1. The molecule has 0 aliphatic heterocycles. The van der Waals surface area contributed by atoms with E-state index in [1.807, 2.05) is 86.1 Å². The number of pyridine rings is 2.